The van der Waals surface area contributed by atoms with Gasteiger partial charge < -0.3 is 26.6 Å². The molecular weight excluding hydrogens is 180 g/mol. The van der Waals surface area contributed by atoms with Crippen molar-refractivity contribution in [1.29, 1.82) is 0 Å². The molecule has 76 valence electrons. The lowest BCUT2D eigenvalue weighted by atomic mass is 10.2. The van der Waals surface area contributed by atoms with E-state index in [9.17, 15) is 4.79 Å². The smallest absolute Gasteiger partial charge is 0.335 e. The molecule has 0 heterocycles. The van der Waals surface area contributed by atoms with Gasteiger partial charge in [-0.1, -0.05) is 0 Å². The van der Waals surface area contributed by atoms with Gasteiger partial charge >= 0.3 is 5.97 Å². The van der Waals surface area contributed by atoms with E-state index < -0.39 is 5.97 Å². The second-order valence-electron chi connectivity index (χ2n) is 1.85. The molecule has 0 aliphatic rings. The minimum Gasteiger partial charge on any atom is -0.508 e. The Morgan fingerprint density at radius 2 is 1.38 bits per heavy atom. The van der Waals surface area contributed by atoms with Crippen molar-refractivity contribution in [2.24, 2.45) is 0 Å². The summed E-state index contributed by atoms with van der Waals surface area (Å²) < 4.78 is 0. The average molecular weight is 192 g/mol. The summed E-state index contributed by atoms with van der Waals surface area (Å²) in [6, 6.07) is 5.36. The lowest BCUT2D eigenvalue weighted by molar-refractivity contribution is 0.0697. The van der Waals surface area contributed by atoms with Crippen molar-refractivity contribution in [3.8, 4) is 5.75 Å². The first-order chi connectivity index (χ1) is 4.70. The standard InChI is InChI=1S/C7H6O3.3H2O/c8-6-3-1-5(2-4-6)7(9)10;;;/h1-4,8H,(H,9,10);3*1H2. The zero-order valence-electron chi connectivity index (χ0n) is 6.61. The normalized spacial score (nSPS) is 7.08. The Hall–Kier alpha value is -1.63. The Morgan fingerprint density at radius 3 is 1.69 bits per heavy atom. The molecule has 8 N–H and O–H groups in total. The molecule has 1 aromatic carbocycles. The van der Waals surface area contributed by atoms with E-state index in [0.29, 0.717) is 0 Å². The van der Waals surface area contributed by atoms with Gasteiger partial charge in [-0.15, -0.1) is 0 Å². The molecule has 0 fully saturated rings. The van der Waals surface area contributed by atoms with Crippen LogP contribution in [0.15, 0.2) is 24.3 Å². The lowest BCUT2D eigenvalue weighted by Gasteiger charge is -1.92. The van der Waals surface area contributed by atoms with E-state index in [-0.39, 0.29) is 27.7 Å². The van der Waals surface area contributed by atoms with E-state index in [1.165, 1.54) is 24.3 Å². The Bertz CT molecular complexity index is 242. The predicted molar refractivity (Wildman–Crippen MR) is 45.9 cm³/mol. The number of carbonyl (C=O) groups is 1. The van der Waals surface area contributed by atoms with Gasteiger partial charge in [-0.05, 0) is 24.3 Å². The van der Waals surface area contributed by atoms with E-state index in [2.05, 4.69) is 0 Å². The number of hydrogen-bond donors (Lipinski definition) is 2. The number of hydrogen-bond acceptors (Lipinski definition) is 2. The summed E-state index contributed by atoms with van der Waals surface area (Å²) >= 11 is 0. The summed E-state index contributed by atoms with van der Waals surface area (Å²) in [6.07, 6.45) is 0. The third-order valence-electron chi connectivity index (χ3n) is 1.11. The first-order valence-electron chi connectivity index (χ1n) is 2.72. The maximum Gasteiger partial charge on any atom is 0.335 e. The molecule has 0 spiro atoms. The van der Waals surface area contributed by atoms with Crippen molar-refractivity contribution in [1.82, 2.24) is 0 Å². The van der Waals surface area contributed by atoms with E-state index >= 15 is 0 Å². The Balaban J connectivity index is -0.000000333. The summed E-state index contributed by atoms with van der Waals surface area (Å²) in [6.45, 7) is 0. The highest BCUT2D eigenvalue weighted by Crippen LogP contribution is 2.08. The second kappa shape index (κ2) is 7.04. The van der Waals surface area contributed by atoms with Gasteiger partial charge in [0.2, 0.25) is 0 Å². The van der Waals surface area contributed by atoms with Crippen LogP contribution in [0.5, 0.6) is 5.75 Å². The second-order valence-corrected chi connectivity index (χ2v) is 1.85. The number of aromatic hydroxyl groups is 1. The first-order valence-corrected chi connectivity index (χ1v) is 2.72. The van der Waals surface area contributed by atoms with Gasteiger partial charge in [0.1, 0.15) is 5.75 Å². The summed E-state index contributed by atoms with van der Waals surface area (Å²) in [4.78, 5) is 10.2. The summed E-state index contributed by atoms with van der Waals surface area (Å²) in [5.74, 6) is -0.912. The van der Waals surface area contributed by atoms with Crippen molar-refractivity contribution in [3.63, 3.8) is 0 Å². The van der Waals surface area contributed by atoms with Crippen LogP contribution in [-0.2, 0) is 0 Å². The SMILES string of the molecule is O.O.O.O=C(O)c1ccc(O)cc1. The van der Waals surface area contributed by atoms with Gasteiger partial charge in [-0.3, -0.25) is 0 Å². The van der Waals surface area contributed by atoms with Crippen LogP contribution >= 0.6 is 0 Å². The summed E-state index contributed by atoms with van der Waals surface area (Å²) in [7, 11) is 0. The molecular formula is C7H12O6. The Kier molecular flexibility index (Phi) is 9.45. The number of rotatable bonds is 1. The van der Waals surface area contributed by atoms with Gasteiger partial charge in [0.25, 0.3) is 0 Å². The van der Waals surface area contributed by atoms with E-state index in [0.717, 1.165) is 0 Å². The third-order valence-corrected chi connectivity index (χ3v) is 1.11. The Labute approximate surface area is 74.0 Å². The van der Waals surface area contributed by atoms with Crippen molar-refractivity contribution in [2.45, 2.75) is 0 Å². The van der Waals surface area contributed by atoms with Crippen molar-refractivity contribution in [2.75, 3.05) is 0 Å². The zero-order chi connectivity index (χ0) is 7.56. The first kappa shape index (κ1) is 17.5. The molecule has 0 unspecified atom stereocenters. The van der Waals surface area contributed by atoms with E-state index in [4.69, 9.17) is 10.2 Å². The average Bonchev–Trinajstić information content (AvgIpc) is 1.88. The molecule has 0 aliphatic heterocycles. The van der Waals surface area contributed by atoms with Gasteiger partial charge in [-0.25, -0.2) is 4.79 Å². The molecule has 0 bridgehead atoms. The number of benzene rings is 1. The van der Waals surface area contributed by atoms with Crippen LogP contribution in [0.3, 0.4) is 0 Å². The molecule has 0 saturated heterocycles. The number of aromatic carboxylic acids is 1. The molecule has 0 amide bonds. The van der Waals surface area contributed by atoms with Crippen LogP contribution < -0.4 is 0 Å². The minimum absolute atomic E-state index is 0. The monoisotopic (exact) mass is 192 g/mol. The van der Waals surface area contributed by atoms with Crippen LogP contribution in [0.25, 0.3) is 0 Å². The predicted octanol–water partition coefficient (Wildman–Crippen LogP) is -1.38. The molecule has 0 aromatic heterocycles. The summed E-state index contributed by atoms with van der Waals surface area (Å²) in [5.41, 5.74) is 0.179. The zero-order valence-corrected chi connectivity index (χ0v) is 6.61. The van der Waals surface area contributed by atoms with Gasteiger partial charge in [0.05, 0.1) is 5.56 Å². The lowest BCUT2D eigenvalue weighted by Crippen LogP contribution is -1.93. The van der Waals surface area contributed by atoms with Gasteiger partial charge in [0.15, 0.2) is 0 Å². The fourth-order valence-electron chi connectivity index (χ4n) is 0.604. The fraction of sp³-hybridized carbons (Fsp3) is 0. The maximum absolute atomic E-state index is 10.2. The van der Waals surface area contributed by atoms with Crippen LogP contribution in [0.2, 0.25) is 0 Å². The van der Waals surface area contributed by atoms with E-state index in [1.807, 2.05) is 0 Å². The van der Waals surface area contributed by atoms with Crippen molar-refractivity contribution < 1.29 is 31.4 Å². The molecule has 0 radical (unpaired) electrons. The summed E-state index contributed by atoms with van der Waals surface area (Å²) in [5, 5.41) is 17.1. The molecule has 13 heavy (non-hydrogen) atoms. The van der Waals surface area contributed by atoms with Gasteiger partial charge in [0, 0.05) is 0 Å². The molecule has 6 nitrogen and oxygen atoms in total. The number of phenols is 1. The minimum atomic E-state index is -0.986. The molecule has 0 saturated carbocycles. The van der Waals surface area contributed by atoms with Gasteiger partial charge in [-0.2, -0.15) is 0 Å². The molecule has 1 aromatic rings. The Morgan fingerprint density at radius 1 is 1.00 bits per heavy atom. The molecule has 0 aliphatic carbocycles. The van der Waals surface area contributed by atoms with E-state index in [1.54, 1.807) is 0 Å². The topological polar surface area (TPSA) is 152 Å². The highest BCUT2D eigenvalue weighted by atomic mass is 16.4. The quantitative estimate of drug-likeness (QED) is 0.563. The number of carboxylic acid groups (broad SMARTS) is 1. The molecule has 6 heteroatoms. The maximum atomic E-state index is 10.2. The third kappa shape index (κ3) is 4.75. The number of phenolic OH excluding ortho intramolecular Hbond substituents is 1. The van der Waals surface area contributed by atoms with Crippen LogP contribution in [0.1, 0.15) is 10.4 Å². The van der Waals surface area contributed by atoms with Crippen LogP contribution in [-0.4, -0.2) is 32.6 Å². The van der Waals surface area contributed by atoms with Crippen molar-refractivity contribution >= 4 is 5.97 Å². The largest absolute Gasteiger partial charge is 0.508 e. The van der Waals surface area contributed by atoms with Crippen LogP contribution in [0, 0.1) is 0 Å². The van der Waals surface area contributed by atoms with Crippen LogP contribution in [0.4, 0.5) is 0 Å². The molecule has 1 rings (SSSR count). The fourth-order valence-corrected chi connectivity index (χ4v) is 0.604. The highest BCUT2D eigenvalue weighted by molar-refractivity contribution is 5.87. The number of carboxylic acids is 1. The van der Waals surface area contributed by atoms with Crippen molar-refractivity contribution in [3.05, 3.63) is 29.8 Å². The highest BCUT2D eigenvalue weighted by Gasteiger charge is 1.99. The molecule has 0 atom stereocenters.